The zero-order valence-corrected chi connectivity index (χ0v) is 16.5. The molecule has 0 amide bonds. The molecule has 0 aliphatic carbocycles. The largest absolute Gasteiger partial charge is 0.486 e. The Kier molecular flexibility index (Phi) is 5.74. The van der Waals surface area contributed by atoms with Crippen LogP contribution in [-0.4, -0.2) is 57.8 Å². The number of aromatic nitrogens is 3. The van der Waals surface area contributed by atoms with Gasteiger partial charge in [0.15, 0.2) is 22.5 Å². The molecule has 2 aliphatic heterocycles. The van der Waals surface area contributed by atoms with Crippen molar-refractivity contribution in [2.24, 2.45) is 5.92 Å². The smallest absolute Gasteiger partial charge is 0.175 e. The van der Waals surface area contributed by atoms with Crippen molar-refractivity contribution in [3.8, 4) is 5.75 Å². The number of pyridine rings is 1. The molecule has 1 unspecified atom stereocenters. The quantitative estimate of drug-likeness (QED) is 0.582. The zero-order chi connectivity index (χ0) is 19.7. The minimum absolute atomic E-state index is 0.0911. The maximum atomic E-state index is 9.38. The first-order valence-corrected chi connectivity index (χ1v) is 9.97. The number of nitrogens with zero attached hydrogens (tertiary/aromatic N) is 4. The number of nitrogens with two attached hydrogens (primary N) is 1. The van der Waals surface area contributed by atoms with E-state index in [1.54, 1.807) is 6.20 Å². The van der Waals surface area contributed by atoms with E-state index in [1.807, 2.05) is 6.07 Å². The third-order valence-electron chi connectivity index (χ3n) is 4.76. The van der Waals surface area contributed by atoms with Crippen molar-refractivity contribution < 1.29 is 19.7 Å². The molecule has 4 rings (SSSR count). The van der Waals surface area contributed by atoms with Crippen LogP contribution in [0, 0.1) is 5.92 Å². The van der Waals surface area contributed by atoms with Crippen LogP contribution in [0.15, 0.2) is 22.2 Å². The van der Waals surface area contributed by atoms with E-state index in [0.717, 1.165) is 23.7 Å². The number of aliphatic hydroxyl groups excluding tert-OH is 2. The van der Waals surface area contributed by atoms with Gasteiger partial charge in [-0.25, -0.2) is 15.0 Å². The Bertz CT molecular complexity index is 874. The van der Waals surface area contributed by atoms with Crippen molar-refractivity contribution in [3.05, 3.63) is 23.1 Å². The van der Waals surface area contributed by atoms with Crippen LogP contribution in [-0.2, 0) is 11.3 Å². The SMILES string of the molecule is Nc1nc(Cl)c(CO)nc1Sc1ccnc2c1OC[C@@H]1CC(COCO)CN21. The van der Waals surface area contributed by atoms with Crippen LogP contribution in [0.2, 0.25) is 5.15 Å². The van der Waals surface area contributed by atoms with Crippen molar-refractivity contribution in [3.63, 3.8) is 0 Å². The van der Waals surface area contributed by atoms with Gasteiger partial charge in [0.25, 0.3) is 0 Å². The lowest BCUT2D eigenvalue weighted by atomic mass is 10.1. The van der Waals surface area contributed by atoms with Crippen molar-refractivity contribution in [2.45, 2.75) is 29.0 Å². The first-order chi connectivity index (χ1) is 13.6. The lowest BCUT2D eigenvalue weighted by Crippen LogP contribution is -2.39. The number of halogens is 1. The maximum Gasteiger partial charge on any atom is 0.175 e. The lowest BCUT2D eigenvalue weighted by molar-refractivity contribution is -0.0151. The highest BCUT2D eigenvalue weighted by Gasteiger charge is 2.38. The van der Waals surface area contributed by atoms with Gasteiger partial charge in [0, 0.05) is 18.7 Å². The van der Waals surface area contributed by atoms with Gasteiger partial charge < -0.3 is 30.3 Å². The molecule has 11 heteroatoms. The summed E-state index contributed by atoms with van der Waals surface area (Å²) in [4.78, 5) is 15.9. The molecule has 1 saturated heterocycles. The Morgan fingerprint density at radius 3 is 3.04 bits per heavy atom. The van der Waals surface area contributed by atoms with Crippen LogP contribution in [0.3, 0.4) is 0 Å². The molecule has 2 atom stereocenters. The van der Waals surface area contributed by atoms with E-state index in [0.29, 0.717) is 29.9 Å². The second-order valence-electron chi connectivity index (χ2n) is 6.59. The third-order valence-corrected chi connectivity index (χ3v) is 6.09. The van der Waals surface area contributed by atoms with Crippen molar-refractivity contribution in [1.29, 1.82) is 0 Å². The Morgan fingerprint density at radius 1 is 1.39 bits per heavy atom. The van der Waals surface area contributed by atoms with Gasteiger partial charge in [0.1, 0.15) is 24.1 Å². The van der Waals surface area contributed by atoms with Crippen LogP contribution in [0.25, 0.3) is 0 Å². The lowest BCUT2D eigenvalue weighted by Gasteiger charge is -2.33. The highest BCUT2D eigenvalue weighted by atomic mass is 35.5. The molecular formula is C17H20ClN5O4S. The molecule has 2 aromatic heterocycles. The maximum absolute atomic E-state index is 9.38. The number of rotatable bonds is 6. The molecule has 2 aliphatic rings. The standard InChI is InChI=1S/C17H20ClN5O4S/c18-14-11(5-24)21-17(15(19)22-14)28-12-1-2-20-16-13(12)27-7-10-3-9(4-23(10)16)6-26-8-25/h1-2,9-10,24-25H,3-8H2,(H2,19,22)/t9?,10-/m0/s1. The van der Waals surface area contributed by atoms with Gasteiger partial charge in [-0.15, -0.1) is 0 Å². The first kappa shape index (κ1) is 19.5. The van der Waals surface area contributed by atoms with E-state index in [-0.39, 0.29) is 36.1 Å². The predicted octanol–water partition coefficient (Wildman–Crippen LogP) is 1.30. The molecule has 0 aromatic carbocycles. The highest BCUT2D eigenvalue weighted by molar-refractivity contribution is 7.99. The number of fused-ring (bicyclic) bond motifs is 3. The molecule has 4 heterocycles. The molecule has 0 radical (unpaired) electrons. The van der Waals surface area contributed by atoms with Crippen LogP contribution in [0.5, 0.6) is 5.75 Å². The Morgan fingerprint density at radius 2 is 2.25 bits per heavy atom. The van der Waals surface area contributed by atoms with Gasteiger partial charge in [-0.2, -0.15) is 0 Å². The van der Waals surface area contributed by atoms with Crippen LogP contribution < -0.4 is 15.4 Å². The van der Waals surface area contributed by atoms with Gasteiger partial charge in [0.2, 0.25) is 0 Å². The second-order valence-corrected chi connectivity index (χ2v) is 7.98. The Hall–Kier alpha value is -1.85. The molecule has 0 saturated carbocycles. The van der Waals surface area contributed by atoms with Gasteiger partial charge in [-0.3, -0.25) is 0 Å². The van der Waals surface area contributed by atoms with Gasteiger partial charge >= 0.3 is 0 Å². The fraction of sp³-hybridized carbons (Fsp3) is 0.471. The minimum atomic E-state index is -0.322. The van der Waals surface area contributed by atoms with Crippen molar-refractivity contribution in [1.82, 2.24) is 15.0 Å². The Balaban J connectivity index is 1.60. The summed E-state index contributed by atoms with van der Waals surface area (Å²) < 4.78 is 11.2. The fourth-order valence-corrected chi connectivity index (χ4v) is 4.59. The molecule has 9 nitrogen and oxygen atoms in total. The molecule has 0 spiro atoms. The van der Waals surface area contributed by atoms with Crippen LogP contribution >= 0.6 is 23.4 Å². The monoisotopic (exact) mass is 425 g/mol. The van der Waals surface area contributed by atoms with Crippen LogP contribution in [0.1, 0.15) is 12.1 Å². The molecule has 1 fully saturated rings. The Labute approximate surface area is 170 Å². The van der Waals surface area contributed by atoms with Crippen molar-refractivity contribution >= 4 is 35.0 Å². The van der Waals surface area contributed by atoms with E-state index in [9.17, 15) is 5.11 Å². The average Bonchev–Trinajstić information content (AvgIpc) is 3.12. The summed E-state index contributed by atoms with van der Waals surface area (Å²) in [5.74, 6) is 1.95. The van der Waals surface area contributed by atoms with Crippen molar-refractivity contribution in [2.75, 3.05) is 37.2 Å². The number of hydrogen-bond acceptors (Lipinski definition) is 10. The summed E-state index contributed by atoms with van der Waals surface area (Å²) >= 11 is 7.24. The molecule has 150 valence electrons. The van der Waals surface area contributed by atoms with Gasteiger partial charge in [-0.05, 0) is 12.5 Å². The van der Waals surface area contributed by atoms with E-state index in [4.69, 9.17) is 31.9 Å². The molecule has 0 bridgehead atoms. The van der Waals surface area contributed by atoms with E-state index < -0.39 is 0 Å². The summed E-state index contributed by atoms with van der Waals surface area (Å²) in [6.07, 6.45) is 2.64. The van der Waals surface area contributed by atoms with Crippen LogP contribution in [0.4, 0.5) is 11.6 Å². The molecule has 4 N–H and O–H groups in total. The van der Waals surface area contributed by atoms with E-state index >= 15 is 0 Å². The number of anilines is 2. The van der Waals surface area contributed by atoms with E-state index in [1.165, 1.54) is 11.8 Å². The fourth-order valence-electron chi connectivity index (χ4n) is 3.52. The van der Waals surface area contributed by atoms with Gasteiger partial charge in [-0.1, -0.05) is 23.4 Å². The summed E-state index contributed by atoms with van der Waals surface area (Å²) in [5.41, 5.74) is 6.23. The van der Waals surface area contributed by atoms with Gasteiger partial charge in [0.05, 0.1) is 24.2 Å². The zero-order valence-electron chi connectivity index (χ0n) is 14.9. The third kappa shape index (κ3) is 3.70. The number of hydrogen-bond donors (Lipinski definition) is 3. The van der Waals surface area contributed by atoms with E-state index in [2.05, 4.69) is 19.9 Å². The topological polar surface area (TPSA) is 127 Å². The highest BCUT2D eigenvalue weighted by Crippen LogP contribution is 2.45. The molecule has 2 aromatic rings. The first-order valence-electron chi connectivity index (χ1n) is 8.78. The second kappa shape index (κ2) is 8.26. The summed E-state index contributed by atoms with van der Waals surface area (Å²) in [6.45, 7) is 1.25. The number of ether oxygens (including phenoxy) is 2. The summed E-state index contributed by atoms with van der Waals surface area (Å²) in [5, 5.41) is 18.8. The normalized spacial score (nSPS) is 20.6. The number of aliphatic hydroxyl groups is 2. The molecule has 28 heavy (non-hydrogen) atoms. The minimum Gasteiger partial charge on any atom is -0.486 e. The predicted molar refractivity (Wildman–Crippen MR) is 104 cm³/mol. The summed E-state index contributed by atoms with van der Waals surface area (Å²) in [6, 6.07) is 2.06. The molecular weight excluding hydrogens is 406 g/mol. The summed E-state index contributed by atoms with van der Waals surface area (Å²) in [7, 11) is 0. The average molecular weight is 426 g/mol. The number of nitrogen functional groups attached to an aromatic ring is 1.